The monoisotopic (exact) mass is 252 g/mol. The Hall–Kier alpha value is -1.35. The first-order valence-corrected chi connectivity index (χ1v) is 6.15. The highest BCUT2D eigenvalue weighted by atomic mass is 35.5. The van der Waals surface area contributed by atoms with E-state index in [9.17, 15) is 4.79 Å². The number of hydrogen-bond donors (Lipinski definition) is 1. The fourth-order valence-corrected chi connectivity index (χ4v) is 1.58. The molecule has 0 spiro atoms. The van der Waals surface area contributed by atoms with Gasteiger partial charge in [0.15, 0.2) is 0 Å². The van der Waals surface area contributed by atoms with Crippen LogP contribution < -0.4 is 5.32 Å². The molecule has 0 saturated heterocycles. The van der Waals surface area contributed by atoms with Crippen molar-refractivity contribution in [1.29, 1.82) is 0 Å². The summed E-state index contributed by atoms with van der Waals surface area (Å²) in [4.78, 5) is 15.7. The number of aromatic nitrogens is 1. The number of rotatable bonds is 5. The Kier molecular flexibility index (Phi) is 5.70. The maximum absolute atomic E-state index is 11.7. The van der Waals surface area contributed by atoms with Gasteiger partial charge in [-0.25, -0.2) is 4.98 Å². The van der Waals surface area contributed by atoms with Crippen LogP contribution in [-0.4, -0.2) is 10.9 Å². The van der Waals surface area contributed by atoms with Crippen molar-refractivity contribution in [1.82, 2.24) is 4.98 Å². The molecule has 0 aliphatic heterocycles. The number of allylic oxidation sites excluding steroid dienone is 1. The van der Waals surface area contributed by atoms with Crippen LogP contribution in [0.3, 0.4) is 0 Å². The number of halogens is 1. The van der Waals surface area contributed by atoms with Crippen LogP contribution in [0, 0.1) is 0 Å². The number of nitrogens with one attached hydrogen (secondary N) is 1. The number of carbonyl (C=O) groups is 1. The van der Waals surface area contributed by atoms with Crippen molar-refractivity contribution in [2.45, 2.75) is 33.1 Å². The zero-order chi connectivity index (χ0) is 12.7. The molecule has 17 heavy (non-hydrogen) atoms. The molecule has 0 atom stereocenters. The lowest BCUT2D eigenvalue weighted by atomic mass is 10.1. The fourth-order valence-electron chi connectivity index (χ4n) is 1.47. The smallest absolute Gasteiger partial charge is 0.249 e. The quantitative estimate of drug-likeness (QED) is 0.810. The molecule has 0 fully saturated rings. The van der Waals surface area contributed by atoms with E-state index < -0.39 is 0 Å². The second-order valence-corrected chi connectivity index (χ2v) is 4.19. The van der Waals surface area contributed by atoms with E-state index in [-0.39, 0.29) is 5.91 Å². The van der Waals surface area contributed by atoms with Crippen LogP contribution in [0.2, 0.25) is 5.02 Å². The SMILES string of the molecule is CCCC(=CC(=O)Nc1ccc(Cl)cn1)CC. The predicted molar refractivity (Wildman–Crippen MR) is 71.2 cm³/mol. The van der Waals surface area contributed by atoms with Gasteiger partial charge in [-0.2, -0.15) is 0 Å². The molecule has 1 aromatic rings. The van der Waals surface area contributed by atoms with Crippen LogP contribution in [0.15, 0.2) is 30.0 Å². The summed E-state index contributed by atoms with van der Waals surface area (Å²) >= 11 is 5.71. The standard InChI is InChI=1S/C13H17ClN2O/c1-3-5-10(4-2)8-13(17)16-12-7-6-11(14)9-15-12/h6-9H,3-5H2,1-2H3,(H,15,16,17). The van der Waals surface area contributed by atoms with Gasteiger partial charge in [0.05, 0.1) is 5.02 Å². The van der Waals surface area contributed by atoms with Gasteiger partial charge in [-0.1, -0.05) is 37.4 Å². The third kappa shape index (κ3) is 5.00. The lowest BCUT2D eigenvalue weighted by Gasteiger charge is -2.04. The van der Waals surface area contributed by atoms with E-state index in [0.29, 0.717) is 10.8 Å². The maximum Gasteiger partial charge on any atom is 0.249 e. The number of hydrogen-bond acceptors (Lipinski definition) is 2. The molecular weight excluding hydrogens is 236 g/mol. The summed E-state index contributed by atoms with van der Waals surface area (Å²) in [5.74, 6) is 0.382. The molecule has 1 heterocycles. The molecule has 1 aromatic heterocycles. The summed E-state index contributed by atoms with van der Waals surface area (Å²) < 4.78 is 0. The number of amides is 1. The van der Waals surface area contributed by atoms with Crippen LogP contribution in [0.5, 0.6) is 0 Å². The predicted octanol–water partition coefficient (Wildman–Crippen LogP) is 3.81. The van der Waals surface area contributed by atoms with Crippen LogP contribution >= 0.6 is 11.6 Å². The van der Waals surface area contributed by atoms with Crippen molar-refractivity contribution in [2.75, 3.05) is 5.32 Å². The number of nitrogens with zero attached hydrogens (tertiary/aromatic N) is 1. The lowest BCUT2D eigenvalue weighted by molar-refractivity contribution is -0.112. The summed E-state index contributed by atoms with van der Waals surface area (Å²) in [6, 6.07) is 3.38. The van der Waals surface area contributed by atoms with Gasteiger partial charge in [0.2, 0.25) is 5.91 Å². The first-order chi connectivity index (χ1) is 8.15. The van der Waals surface area contributed by atoms with E-state index in [0.717, 1.165) is 24.8 Å². The largest absolute Gasteiger partial charge is 0.307 e. The van der Waals surface area contributed by atoms with Crippen molar-refractivity contribution in [2.24, 2.45) is 0 Å². The third-order valence-corrected chi connectivity index (χ3v) is 2.56. The minimum absolute atomic E-state index is 0.134. The van der Waals surface area contributed by atoms with Crippen molar-refractivity contribution in [3.63, 3.8) is 0 Å². The van der Waals surface area contributed by atoms with Crippen LogP contribution in [0.1, 0.15) is 33.1 Å². The van der Waals surface area contributed by atoms with Crippen molar-refractivity contribution in [3.05, 3.63) is 35.0 Å². The molecule has 92 valence electrons. The summed E-state index contributed by atoms with van der Waals surface area (Å²) in [7, 11) is 0. The molecule has 0 aromatic carbocycles. The fraction of sp³-hybridized carbons (Fsp3) is 0.385. The zero-order valence-corrected chi connectivity index (χ0v) is 10.9. The van der Waals surface area contributed by atoms with Crippen LogP contribution in [0.25, 0.3) is 0 Å². The molecule has 1 amide bonds. The Balaban J connectivity index is 2.62. The van der Waals surface area contributed by atoms with Gasteiger partial charge in [-0.15, -0.1) is 0 Å². The minimum Gasteiger partial charge on any atom is -0.307 e. The Bertz CT molecular complexity index is 398. The molecule has 0 aliphatic rings. The molecule has 0 bridgehead atoms. The maximum atomic E-state index is 11.7. The van der Waals surface area contributed by atoms with Gasteiger partial charge in [0.1, 0.15) is 5.82 Å². The Labute approximate surface area is 107 Å². The van der Waals surface area contributed by atoms with Gasteiger partial charge in [-0.3, -0.25) is 4.79 Å². The normalized spacial score (nSPS) is 11.4. The number of pyridine rings is 1. The van der Waals surface area contributed by atoms with E-state index >= 15 is 0 Å². The van der Waals surface area contributed by atoms with E-state index in [2.05, 4.69) is 24.1 Å². The van der Waals surface area contributed by atoms with Crippen molar-refractivity contribution >= 4 is 23.3 Å². The lowest BCUT2D eigenvalue weighted by Crippen LogP contribution is -2.10. The molecular formula is C13H17ClN2O. The zero-order valence-electron chi connectivity index (χ0n) is 10.2. The second kappa shape index (κ2) is 7.07. The van der Waals surface area contributed by atoms with Crippen molar-refractivity contribution < 1.29 is 4.79 Å². The molecule has 0 aliphatic carbocycles. The summed E-state index contributed by atoms with van der Waals surface area (Å²) in [5.41, 5.74) is 1.15. The van der Waals surface area contributed by atoms with Gasteiger partial charge in [0, 0.05) is 12.3 Å². The second-order valence-electron chi connectivity index (χ2n) is 3.76. The molecule has 0 saturated carbocycles. The highest BCUT2D eigenvalue weighted by molar-refractivity contribution is 6.30. The van der Waals surface area contributed by atoms with E-state index in [1.165, 1.54) is 6.20 Å². The molecule has 1 rings (SSSR count). The van der Waals surface area contributed by atoms with Gasteiger partial charge in [-0.05, 0) is 25.0 Å². The van der Waals surface area contributed by atoms with Gasteiger partial charge < -0.3 is 5.32 Å². The minimum atomic E-state index is -0.134. The molecule has 3 nitrogen and oxygen atoms in total. The van der Waals surface area contributed by atoms with Gasteiger partial charge in [0.25, 0.3) is 0 Å². The number of carbonyl (C=O) groups excluding carboxylic acids is 1. The molecule has 1 N–H and O–H groups in total. The molecule has 0 unspecified atom stereocenters. The molecule has 4 heteroatoms. The van der Waals surface area contributed by atoms with E-state index in [1.54, 1.807) is 18.2 Å². The number of anilines is 1. The highest BCUT2D eigenvalue weighted by Gasteiger charge is 2.02. The Morgan fingerprint density at radius 3 is 2.76 bits per heavy atom. The average Bonchev–Trinajstić information content (AvgIpc) is 2.31. The topological polar surface area (TPSA) is 42.0 Å². The Morgan fingerprint density at radius 2 is 2.24 bits per heavy atom. The summed E-state index contributed by atoms with van der Waals surface area (Å²) in [6.45, 7) is 4.15. The van der Waals surface area contributed by atoms with Crippen LogP contribution in [-0.2, 0) is 4.79 Å². The average molecular weight is 253 g/mol. The first-order valence-electron chi connectivity index (χ1n) is 5.77. The van der Waals surface area contributed by atoms with E-state index in [1.807, 2.05) is 0 Å². The van der Waals surface area contributed by atoms with Crippen LogP contribution in [0.4, 0.5) is 5.82 Å². The van der Waals surface area contributed by atoms with Crippen molar-refractivity contribution in [3.8, 4) is 0 Å². The third-order valence-electron chi connectivity index (χ3n) is 2.34. The van der Waals surface area contributed by atoms with Gasteiger partial charge >= 0.3 is 0 Å². The first kappa shape index (κ1) is 13.7. The highest BCUT2D eigenvalue weighted by Crippen LogP contribution is 2.11. The summed E-state index contributed by atoms with van der Waals surface area (Å²) in [5, 5.41) is 3.26. The molecule has 0 radical (unpaired) electrons. The van der Waals surface area contributed by atoms with E-state index in [4.69, 9.17) is 11.6 Å². The summed E-state index contributed by atoms with van der Waals surface area (Å²) in [6.07, 6.45) is 6.06. The Morgan fingerprint density at radius 1 is 1.47 bits per heavy atom.